The van der Waals surface area contributed by atoms with Gasteiger partial charge in [-0.1, -0.05) is 36.4 Å². The van der Waals surface area contributed by atoms with Crippen LogP contribution in [0, 0.1) is 11.6 Å². The van der Waals surface area contributed by atoms with Crippen molar-refractivity contribution in [3.63, 3.8) is 0 Å². The van der Waals surface area contributed by atoms with Crippen LogP contribution in [0.15, 0.2) is 54.6 Å². The number of aliphatic hydroxyl groups is 1. The van der Waals surface area contributed by atoms with Crippen LogP contribution in [0.5, 0.6) is 0 Å². The lowest BCUT2D eigenvalue weighted by atomic mass is 9.92. The van der Waals surface area contributed by atoms with Crippen LogP contribution in [-0.2, 0) is 13.0 Å². The maximum atomic E-state index is 13.6. The fourth-order valence-corrected chi connectivity index (χ4v) is 3.61. The molecule has 1 aliphatic heterocycles. The van der Waals surface area contributed by atoms with Gasteiger partial charge in [0.15, 0.2) is 11.6 Å². The Balaban J connectivity index is 1.75. The first-order chi connectivity index (χ1) is 12.6. The molecule has 0 fully saturated rings. The Morgan fingerprint density at radius 1 is 1.04 bits per heavy atom. The van der Waals surface area contributed by atoms with Gasteiger partial charge in [0.1, 0.15) is 0 Å². The van der Waals surface area contributed by atoms with Crippen molar-refractivity contribution in [3.05, 3.63) is 82.9 Å². The Hall–Kier alpha value is -2.79. The second-order valence-electron chi connectivity index (χ2n) is 6.54. The molecule has 1 heterocycles. The van der Waals surface area contributed by atoms with Crippen LogP contribution in [-0.4, -0.2) is 28.6 Å². The number of nitrogens with zero attached hydrogens (tertiary/aromatic N) is 1. The van der Waals surface area contributed by atoms with Gasteiger partial charge in [-0.3, -0.25) is 4.79 Å². The smallest absolute Gasteiger partial charge is 0.255 e. The number of hydrogen-bond donors (Lipinski definition) is 1. The van der Waals surface area contributed by atoms with Gasteiger partial charge in [0.2, 0.25) is 0 Å². The number of fused-ring (bicyclic) bond motifs is 2. The van der Waals surface area contributed by atoms with Gasteiger partial charge in [-0.15, -0.1) is 0 Å². The highest BCUT2D eigenvalue weighted by Crippen LogP contribution is 2.28. The van der Waals surface area contributed by atoms with Crippen molar-refractivity contribution in [2.45, 2.75) is 19.0 Å². The molecule has 4 rings (SSSR count). The summed E-state index contributed by atoms with van der Waals surface area (Å²) in [6.07, 6.45) is 0.291. The minimum atomic E-state index is -0.927. The van der Waals surface area contributed by atoms with Crippen molar-refractivity contribution in [2.75, 3.05) is 6.61 Å². The van der Waals surface area contributed by atoms with Crippen LogP contribution in [0.3, 0.4) is 0 Å². The molecule has 1 N–H and O–H groups in total. The average Bonchev–Trinajstić information content (AvgIpc) is 2.67. The minimum absolute atomic E-state index is 0.139. The Labute approximate surface area is 149 Å². The molecular formula is C21H17F2NO2. The van der Waals surface area contributed by atoms with Crippen molar-refractivity contribution < 1.29 is 18.7 Å². The highest BCUT2D eigenvalue weighted by molar-refractivity contribution is 6.07. The summed E-state index contributed by atoms with van der Waals surface area (Å²) in [5.41, 5.74) is 1.74. The lowest BCUT2D eigenvalue weighted by Crippen LogP contribution is -2.46. The summed E-state index contributed by atoms with van der Waals surface area (Å²) in [6.45, 7) is -0.102. The summed E-state index contributed by atoms with van der Waals surface area (Å²) >= 11 is 0. The molecule has 0 spiro atoms. The number of carbonyl (C=O) groups is 1. The molecule has 132 valence electrons. The molecule has 1 amide bonds. The Bertz CT molecular complexity index is 997. The lowest BCUT2D eigenvalue weighted by molar-refractivity contribution is 0.0545. The molecule has 0 aromatic heterocycles. The second-order valence-corrected chi connectivity index (χ2v) is 6.54. The fourth-order valence-electron chi connectivity index (χ4n) is 3.61. The van der Waals surface area contributed by atoms with E-state index in [9.17, 15) is 18.7 Å². The number of amides is 1. The molecule has 1 unspecified atom stereocenters. The van der Waals surface area contributed by atoms with Gasteiger partial charge in [0.05, 0.1) is 12.6 Å². The van der Waals surface area contributed by atoms with Gasteiger partial charge in [0.25, 0.3) is 5.91 Å². The minimum Gasteiger partial charge on any atom is -0.394 e. The van der Waals surface area contributed by atoms with Gasteiger partial charge in [-0.05, 0) is 46.5 Å². The van der Waals surface area contributed by atoms with E-state index >= 15 is 0 Å². The van der Waals surface area contributed by atoms with Gasteiger partial charge in [-0.25, -0.2) is 8.78 Å². The number of aliphatic hydroxyl groups excluding tert-OH is 1. The Kier molecular flexibility index (Phi) is 4.17. The predicted molar refractivity (Wildman–Crippen MR) is 94.8 cm³/mol. The van der Waals surface area contributed by atoms with E-state index < -0.39 is 17.7 Å². The topological polar surface area (TPSA) is 40.5 Å². The molecule has 3 aromatic carbocycles. The average molecular weight is 353 g/mol. The van der Waals surface area contributed by atoms with Crippen molar-refractivity contribution in [3.8, 4) is 0 Å². The zero-order chi connectivity index (χ0) is 18.3. The van der Waals surface area contributed by atoms with Crippen LogP contribution >= 0.6 is 0 Å². The van der Waals surface area contributed by atoms with E-state index in [0.717, 1.165) is 22.9 Å². The van der Waals surface area contributed by atoms with E-state index in [-0.39, 0.29) is 19.1 Å². The van der Waals surface area contributed by atoms with Crippen LogP contribution in [0.4, 0.5) is 8.78 Å². The molecule has 1 atom stereocenters. The Morgan fingerprint density at radius 3 is 2.50 bits per heavy atom. The van der Waals surface area contributed by atoms with E-state index in [1.54, 1.807) is 11.0 Å². The third-order valence-corrected chi connectivity index (χ3v) is 4.97. The van der Waals surface area contributed by atoms with E-state index in [1.165, 1.54) is 0 Å². The fraction of sp³-hybridized carbons (Fsp3) is 0.190. The summed E-state index contributed by atoms with van der Waals surface area (Å²) in [5, 5.41) is 11.5. The van der Waals surface area contributed by atoms with Gasteiger partial charge >= 0.3 is 0 Å². The molecule has 0 saturated heterocycles. The van der Waals surface area contributed by atoms with Crippen molar-refractivity contribution >= 4 is 16.7 Å². The number of benzene rings is 3. The maximum Gasteiger partial charge on any atom is 0.255 e. The summed E-state index contributed by atoms with van der Waals surface area (Å²) < 4.78 is 27.1. The van der Waals surface area contributed by atoms with Gasteiger partial charge in [0, 0.05) is 12.1 Å². The van der Waals surface area contributed by atoms with Crippen molar-refractivity contribution in [2.24, 2.45) is 0 Å². The van der Waals surface area contributed by atoms with Crippen LogP contribution in [0.2, 0.25) is 0 Å². The predicted octanol–water partition coefficient (Wildman–Crippen LogP) is 3.68. The Morgan fingerprint density at radius 2 is 1.73 bits per heavy atom. The summed E-state index contributed by atoms with van der Waals surface area (Å²) in [5.74, 6) is -2.06. The third-order valence-electron chi connectivity index (χ3n) is 4.97. The van der Waals surface area contributed by atoms with Crippen LogP contribution in [0.25, 0.3) is 10.8 Å². The first-order valence-electron chi connectivity index (χ1n) is 8.45. The van der Waals surface area contributed by atoms with Crippen molar-refractivity contribution in [1.29, 1.82) is 0 Å². The molecule has 0 bridgehead atoms. The van der Waals surface area contributed by atoms with Crippen LogP contribution in [0.1, 0.15) is 21.5 Å². The monoisotopic (exact) mass is 353 g/mol. The molecule has 5 heteroatoms. The normalized spacial score (nSPS) is 16.6. The zero-order valence-electron chi connectivity index (χ0n) is 14.0. The molecule has 1 aliphatic rings. The van der Waals surface area contributed by atoms with E-state index in [1.807, 2.05) is 36.4 Å². The maximum absolute atomic E-state index is 13.6. The first-order valence-corrected chi connectivity index (χ1v) is 8.45. The molecule has 0 saturated carbocycles. The quantitative estimate of drug-likeness (QED) is 0.764. The molecule has 0 aliphatic carbocycles. The number of carbonyl (C=O) groups excluding carboxylic acids is 1. The summed E-state index contributed by atoms with van der Waals surface area (Å²) in [4.78, 5) is 14.7. The first kappa shape index (κ1) is 16.7. The van der Waals surface area contributed by atoms with E-state index in [4.69, 9.17) is 0 Å². The molecule has 0 radical (unpaired) electrons. The summed E-state index contributed by atoms with van der Waals surface area (Å²) in [6, 6.07) is 14.9. The molecular weight excluding hydrogens is 336 g/mol. The lowest BCUT2D eigenvalue weighted by Gasteiger charge is -2.36. The second kappa shape index (κ2) is 6.50. The van der Waals surface area contributed by atoms with E-state index in [2.05, 4.69) is 0 Å². The highest BCUT2D eigenvalue weighted by Gasteiger charge is 2.31. The number of rotatable bonds is 2. The summed E-state index contributed by atoms with van der Waals surface area (Å²) in [7, 11) is 0. The largest absolute Gasteiger partial charge is 0.394 e. The van der Waals surface area contributed by atoms with Gasteiger partial charge < -0.3 is 10.0 Å². The van der Waals surface area contributed by atoms with Crippen molar-refractivity contribution in [1.82, 2.24) is 4.90 Å². The molecule has 3 nitrogen and oxygen atoms in total. The zero-order valence-corrected chi connectivity index (χ0v) is 14.0. The van der Waals surface area contributed by atoms with Crippen LogP contribution < -0.4 is 0 Å². The number of halogens is 2. The van der Waals surface area contributed by atoms with E-state index in [0.29, 0.717) is 23.1 Å². The third kappa shape index (κ3) is 2.74. The highest BCUT2D eigenvalue weighted by atomic mass is 19.2. The standard InChI is InChI=1S/C21H17F2NO2/c22-19-9-14-8-16(12-25)24(11-15(14)10-20(19)23)21(26)18-7-3-5-13-4-1-2-6-17(13)18/h1-7,9-10,16,25H,8,11-12H2. The van der Waals surface area contributed by atoms with Gasteiger partial charge in [-0.2, -0.15) is 0 Å². The molecule has 26 heavy (non-hydrogen) atoms. The number of hydrogen-bond acceptors (Lipinski definition) is 2. The molecule has 3 aromatic rings. The SMILES string of the molecule is O=C(c1cccc2ccccc12)N1Cc2cc(F)c(F)cc2CC1CO.